The van der Waals surface area contributed by atoms with Gasteiger partial charge in [0.25, 0.3) is 0 Å². The van der Waals surface area contributed by atoms with E-state index in [9.17, 15) is 0 Å². The van der Waals surface area contributed by atoms with Gasteiger partial charge in [-0.3, -0.25) is 0 Å². The molecular weight excluding hydrogens is 252 g/mol. The molecule has 0 fully saturated rings. The molecule has 0 spiro atoms. The predicted octanol–water partition coefficient (Wildman–Crippen LogP) is 6.38. The van der Waals surface area contributed by atoms with Gasteiger partial charge in [-0.15, -0.1) is 0 Å². The summed E-state index contributed by atoms with van der Waals surface area (Å²) in [4.78, 5) is 0. The molecule has 0 amide bonds. The molecule has 0 saturated heterocycles. The minimum absolute atomic E-state index is 0.191. The first-order valence-electron chi connectivity index (χ1n) is 7.86. The quantitative estimate of drug-likeness (QED) is 0.612. The van der Waals surface area contributed by atoms with Crippen LogP contribution >= 0.6 is 0 Å². The summed E-state index contributed by atoms with van der Waals surface area (Å²) in [6.07, 6.45) is 1.18. The lowest BCUT2D eigenvalue weighted by Crippen LogP contribution is -2.24. The molecule has 112 valence electrons. The molecule has 0 radical (unpaired) electrons. The van der Waals surface area contributed by atoms with Crippen LogP contribution in [0.1, 0.15) is 52.2 Å². The Morgan fingerprint density at radius 3 is 2.10 bits per heavy atom. The van der Waals surface area contributed by atoms with Gasteiger partial charge in [0, 0.05) is 0 Å². The molecular formula is C21H28. The second-order valence-electron chi connectivity index (χ2n) is 8.02. The molecule has 0 aliphatic heterocycles. The summed E-state index contributed by atoms with van der Waals surface area (Å²) in [6, 6.07) is 17.7. The molecule has 0 unspecified atom stereocenters. The van der Waals surface area contributed by atoms with Crippen LogP contribution in [0.2, 0.25) is 0 Å². The van der Waals surface area contributed by atoms with E-state index in [1.807, 2.05) is 0 Å². The van der Waals surface area contributed by atoms with Crippen molar-refractivity contribution >= 4 is 0 Å². The van der Waals surface area contributed by atoms with E-state index in [1.54, 1.807) is 0 Å². The van der Waals surface area contributed by atoms with Gasteiger partial charge < -0.3 is 0 Å². The van der Waals surface area contributed by atoms with Crippen molar-refractivity contribution in [1.82, 2.24) is 0 Å². The molecule has 0 aliphatic rings. The summed E-state index contributed by atoms with van der Waals surface area (Å²) >= 11 is 0. The molecule has 21 heavy (non-hydrogen) atoms. The third kappa shape index (κ3) is 3.97. The van der Waals surface area contributed by atoms with Crippen LogP contribution in [0.5, 0.6) is 0 Å². The zero-order chi connectivity index (χ0) is 15.7. The van der Waals surface area contributed by atoms with Gasteiger partial charge in [-0.1, -0.05) is 83.1 Å². The van der Waals surface area contributed by atoms with Gasteiger partial charge >= 0.3 is 0 Å². The van der Waals surface area contributed by atoms with Crippen molar-refractivity contribution in [1.29, 1.82) is 0 Å². The number of aryl methyl sites for hydroxylation is 1. The fraction of sp³-hybridized carbons (Fsp3) is 0.429. The molecule has 2 rings (SSSR count). The van der Waals surface area contributed by atoms with Gasteiger partial charge in [-0.2, -0.15) is 0 Å². The summed E-state index contributed by atoms with van der Waals surface area (Å²) in [5.41, 5.74) is 5.96. The minimum atomic E-state index is 0.191. The highest BCUT2D eigenvalue weighted by Crippen LogP contribution is 2.37. The second-order valence-corrected chi connectivity index (χ2v) is 8.02. The molecule has 2 aromatic carbocycles. The highest BCUT2D eigenvalue weighted by Gasteiger charge is 2.27. The molecule has 0 aliphatic carbocycles. The Hall–Kier alpha value is -1.56. The molecule has 2 aromatic rings. The van der Waals surface area contributed by atoms with Crippen molar-refractivity contribution in [2.45, 2.75) is 53.4 Å². The van der Waals surface area contributed by atoms with Gasteiger partial charge in [0.15, 0.2) is 0 Å². The van der Waals surface area contributed by atoms with Crippen LogP contribution in [0.4, 0.5) is 0 Å². The lowest BCUT2D eigenvalue weighted by atomic mass is 9.72. The molecule has 0 atom stereocenters. The van der Waals surface area contributed by atoms with E-state index in [2.05, 4.69) is 90.1 Å². The van der Waals surface area contributed by atoms with Crippen LogP contribution < -0.4 is 0 Å². The summed E-state index contributed by atoms with van der Waals surface area (Å²) < 4.78 is 0. The first-order valence-corrected chi connectivity index (χ1v) is 7.86. The Morgan fingerprint density at radius 2 is 1.48 bits per heavy atom. The van der Waals surface area contributed by atoms with Crippen LogP contribution in [-0.2, 0) is 5.41 Å². The average Bonchev–Trinajstić information content (AvgIpc) is 2.37. The summed E-state index contributed by atoms with van der Waals surface area (Å²) in [7, 11) is 0. The third-order valence-corrected chi connectivity index (χ3v) is 4.07. The van der Waals surface area contributed by atoms with Gasteiger partial charge in [0.1, 0.15) is 0 Å². The third-order valence-electron chi connectivity index (χ3n) is 4.07. The van der Waals surface area contributed by atoms with E-state index >= 15 is 0 Å². The Bertz CT molecular complexity index is 612. The molecule has 0 bridgehead atoms. The largest absolute Gasteiger partial charge is 0.0620 e. The van der Waals surface area contributed by atoms with Crippen molar-refractivity contribution in [2.75, 3.05) is 0 Å². The van der Waals surface area contributed by atoms with E-state index in [1.165, 1.54) is 28.7 Å². The first kappa shape index (κ1) is 15.8. The molecule has 0 saturated carbocycles. The number of rotatable bonds is 3. The molecule has 0 nitrogen and oxygen atoms in total. The normalized spacial score (nSPS) is 12.5. The average molecular weight is 280 g/mol. The maximum atomic E-state index is 2.37. The van der Waals surface area contributed by atoms with E-state index < -0.39 is 0 Å². The van der Waals surface area contributed by atoms with Crippen molar-refractivity contribution in [3.63, 3.8) is 0 Å². The monoisotopic (exact) mass is 280 g/mol. The minimum Gasteiger partial charge on any atom is -0.0620 e. The van der Waals surface area contributed by atoms with Crippen molar-refractivity contribution in [2.24, 2.45) is 5.41 Å². The standard InChI is InChI=1S/C21H28/c1-16-10-7-8-13-19(16)17-11-9-12-18(14-17)21(5,6)15-20(2,3)4/h7-14H,15H2,1-6H3. The maximum absolute atomic E-state index is 2.37. The predicted molar refractivity (Wildman–Crippen MR) is 93.7 cm³/mol. The van der Waals surface area contributed by atoms with E-state index in [-0.39, 0.29) is 5.41 Å². The topological polar surface area (TPSA) is 0 Å². The van der Waals surface area contributed by atoms with Crippen LogP contribution in [0.15, 0.2) is 48.5 Å². The summed E-state index contributed by atoms with van der Waals surface area (Å²) in [6.45, 7) is 13.9. The Balaban J connectivity index is 2.41. The summed E-state index contributed by atoms with van der Waals surface area (Å²) in [5, 5.41) is 0. The second kappa shape index (κ2) is 5.67. The highest BCUT2D eigenvalue weighted by atomic mass is 14.3. The zero-order valence-corrected chi connectivity index (χ0v) is 14.3. The smallest absolute Gasteiger partial charge is 0.00984 e. The fourth-order valence-electron chi connectivity index (χ4n) is 3.43. The number of hydrogen-bond donors (Lipinski definition) is 0. The number of hydrogen-bond acceptors (Lipinski definition) is 0. The number of benzene rings is 2. The maximum Gasteiger partial charge on any atom is -0.00984 e. The Labute approximate surface area is 130 Å². The zero-order valence-electron chi connectivity index (χ0n) is 14.3. The van der Waals surface area contributed by atoms with E-state index in [0.29, 0.717) is 5.41 Å². The first-order chi connectivity index (χ1) is 9.69. The lowest BCUT2D eigenvalue weighted by molar-refractivity contribution is 0.284. The fourth-order valence-corrected chi connectivity index (χ4v) is 3.43. The molecule has 0 heterocycles. The van der Waals surface area contributed by atoms with Crippen LogP contribution in [0, 0.1) is 12.3 Å². The van der Waals surface area contributed by atoms with Gasteiger partial charge in [-0.05, 0) is 46.4 Å². The molecule has 0 N–H and O–H groups in total. The van der Waals surface area contributed by atoms with Crippen LogP contribution in [0.25, 0.3) is 11.1 Å². The summed E-state index contributed by atoms with van der Waals surface area (Å²) in [5.74, 6) is 0. The van der Waals surface area contributed by atoms with Crippen LogP contribution in [-0.4, -0.2) is 0 Å². The SMILES string of the molecule is Cc1ccccc1-c1cccc(C(C)(C)CC(C)(C)C)c1. The van der Waals surface area contributed by atoms with Crippen molar-refractivity contribution < 1.29 is 0 Å². The van der Waals surface area contributed by atoms with Crippen molar-refractivity contribution in [3.05, 3.63) is 59.7 Å². The Morgan fingerprint density at radius 1 is 0.810 bits per heavy atom. The van der Waals surface area contributed by atoms with Gasteiger partial charge in [0.2, 0.25) is 0 Å². The molecule has 0 aromatic heterocycles. The van der Waals surface area contributed by atoms with Crippen LogP contribution in [0.3, 0.4) is 0 Å². The Kier molecular flexibility index (Phi) is 4.27. The van der Waals surface area contributed by atoms with E-state index in [4.69, 9.17) is 0 Å². The van der Waals surface area contributed by atoms with Crippen molar-refractivity contribution in [3.8, 4) is 11.1 Å². The van der Waals surface area contributed by atoms with Gasteiger partial charge in [-0.25, -0.2) is 0 Å². The highest BCUT2D eigenvalue weighted by molar-refractivity contribution is 5.68. The van der Waals surface area contributed by atoms with E-state index in [0.717, 1.165) is 0 Å². The van der Waals surface area contributed by atoms with Gasteiger partial charge in [0.05, 0.1) is 0 Å². The lowest BCUT2D eigenvalue weighted by Gasteiger charge is -2.33. The molecule has 0 heteroatoms.